The first kappa shape index (κ1) is 61.8. The van der Waals surface area contributed by atoms with Crippen molar-refractivity contribution in [2.75, 3.05) is 0 Å². The van der Waals surface area contributed by atoms with Crippen LogP contribution in [0.1, 0.15) is 0 Å². The number of aromatic nitrogens is 4. The molecule has 496 valence electrons. The maximum Gasteiger partial charge on any atom is 0.0541 e. The van der Waals surface area contributed by atoms with Crippen LogP contribution in [0.25, 0.3) is 188 Å². The molecule has 0 spiro atoms. The van der Waals surface area contributed by atoms with Gasteiger partial charge in [0, 0.05) is 65.8 Å². The van der Waals surface area contributed by atoms with Crippen molar-refractivity contribution in [3.8, 4) is 101 Å². The summed E-state index contributed by atoms with van der Waals surface area (Å²) in [6, 6.07) is 150. The average Bonchev–Trinajstić information content (AvgIpc) is 1.60. The minimum atomic E-state index is 1.15. The fourth-order valence-corrected chi connectivity index (χ4v) is 16.3. The second-order valence-corrected chi connectivity index (χ2v) is 27.6. The largest absolute Gasteiger partial charge is 0.309 e. The minimum absolute atomic E-state index is 1.15. The third kappa shape index (κ3) is 10.9. The summed E-state index contributed by atoms with van der Waals surface area (Å²) in [5, 5.41) is 10.0. The molecule has 0 radical (unpaired) electrons. The lowest BCUT2D eigenvalue weighted by Gasteiger charge is -2.11. The molecular formula is C102H68N4. The lowest BCUT2D eigenvalue weighted by atomic mass is 10.00. The summed E-state index contributed by atoms with van der Waals surface area (Å²) in [7, 11) is 0. The quantitative estimate of drug-likeness (QED) is 0.123. The molecule has 21 aromatic rings. The number of benzene rings is 17. The second-order valence-electron chi connectivity index (χ2n) is 27.6. The Hall–Kier alpha value is -14.1. The van der Waals surface area contributed by atoms with Gasteiger partial charge >= 0.3 is 0 Å². The molecule has 4 aromatic heterocycles. The number of hydrogen-bond donors (Lipinski definition) is 0. The van der Waals surface area contributed by atoms with E-state index in [1.165, 1.54) is 165 Å². The van der Waals surface area contributed by atoms with Crippen molar-refractivity contribution >= 4 is 87.2 Å². The fraction of sp³-hybridized carbons (Fsp3) is 0. The topological polar surface area (TPSA) is 19.7 Å². The van der Waals surface area contributed by atoms with Gasteiger partial charge in [-0.3, -0.25) is 0 Å². The molecule has 0 aliphatic rings. The van der Waals surface area contributed by atoms with Crippen LogP contribution in [0.3, 0.4) is 0 Å². The highest BCUT2D eigenvalue weighted by Gasteiger charge is 2.20. The molecule has 0 fully saturated rings. The number of fused-ring (bicyclic) bond motifs is 12. The highest BCUT2D eigenvalue weighted by Crippen LogP contribution is 2.42. The predicted molar refractivity (Wildman–Crippen MR) is 448 cm³/mol. The van der Waals surface area contributed by atoms with Crippen molar-refractivity contribution in [3.63, 3.8) is 0 Å². The van der Waals surface area contributed by atoms with Gasteiger partial charge in [0.15, 0.2) is 0 Å². The van der Waals surface area contributed by atoms with Gasteiger partial charge in [0.2, 0.25) is 0 Å². The second kappa shape index (κ2) is 26.1. The van der Waals surface area contributed by atoms with Gasteiger partial charge in [0.05, 0.1) is 44.1 Å². The van der Waals surface area contributed by atoms with Crippen molar-refractivity contribution in [1.82, 2.24) is 18.3 Å². The molecule has 4 nitrogen and oxygen atoms in total. The van der Waals surface area contributed by atoms with Crippen LogP contribution in [0.4, 0.5) is 0 Å². The van der Waals surface area contributed by atoms with E-state index < -0.39 is 0 Å². The van der Waals surface area contributed by atoms with Crippen LogP contribution in [0.2, 0.25) is 0 Å². The van der Waals surface area contributed by atoms with Crippen LogP contribution < -0.4 is 0 Å². The van der Waals surface area contributed by atoms with Crippen molar-refractivity contribution in [3.05, 3.63) is 413 Å². The Bertz CT molecular complexity index is 6650. The summed E-state index contributed by atoms with van der Waals surface area (Å²) < 4.78 is 9.58. The third-order valence-corrected chi connectivity index (χ3v) is 21.5. The van der Waals surface area contributed by atoms with Crippen molar-refractivity contribution in [2.24, 2.45) is 0 Å². The molecule has 21 rings (SSSR count). The highest BCUT2D eigenvalue weighted by atomic mass is 15.0. The Morgan fingerprint density at radius 2 is 0.255 bits per heavy atom. The maximum atomic E-state index is 2.40. The van der Waals surface area contributed by atoms with E-state index in [1.807, 2.05) is 0 Å². The zero-order valence-electron chi connectivity index (χ0n) is 58.0. The Labute approximate surface area is 614 Å². The zero-order valence-corrected chi connectivity index (χ0v) is 58.0. The van der Waals surface area contributed by atoms with Crippen LogP contribution in [0, 0.1) is 0 Å². The Morgan fingerprint density at radius 3 is 0.462 bits per heavy atom. The zero-order chi connectivity index (χ0) is 70.0. The molecule has 0 N–H and O–H groups in total. The van der Waals surface area contributed by atoms with Crippen molar-refractivity contribution in [2.45, 2.75) is 0 Å². The molecule has 4 heterocycles. The van der Waals surface area contributed by atoms with Crippen LogP contribution in [0.15, 0.2) is 413 Å². The first-order valence-corrected chi connectivity index (χ1v) is 36.4. The van der Waals surface area contributed by atoms with Crippen LogP contribution in [-0.4, -0.2) is 18.3 Å². The van der Waals surface area contributed by atoms with Gasteiger partial charge in [-0.25, -0.2) is 0 Å². The SMILES string of the molecule is c1ccc(-c2ccc(-c3ccc(-n4c5ccccc5c5cc(-c6ccc7c(c6)c6ccccc6n7-c6ccc(-c7ccccc7)cc6)ccc54)cc3)cc2)cc1.c1ccc(-c2ccc(-n3c4ccccc4c4cc(-c5ccc6c(c5)c5ccccc5n6-c5ccc(-c6ccccc6)cc5)ccc43)cc2)cc1. The van der Waals surface area contributed by atoms with E-state index in [0.29, 0.717) is 0 Å². The minimum Gasteiger partial charge on any atom is -0.309 e. The third-order valence-electron chi connectivity index (χ3n) is 21.5. The molecule has 0 atom stereocenters. The van der Waals surface area contributed by atoms with Gasteiger partial charge in [0.1, 0.15) is 0 Å². The van der Waals surface area contributed by atoms with E-state index in [1.54, 1.807) is 0 Å². The lowest BCUT2D eigenvalue weighted by Crippen LogP contribution is -1.94. The molecule has 17 aromatic carbocycles. The fourth-order valence-electron chi connectivity index (χ4n) is 16.3. The highest BCUT2D eigenvalue weighted by molar-refractivity contribution is 6.15. The van der Waals surface area contributed by atoms with Crippen LogP contribution >= 0.6 is 0 Å². The summed E-state index contributed by atoms with van der Waals surface area (Å²) >= 11 is 0. The summed E-state index contributed by atoms with van der Waals surface area (Å²) in [5.41, 5.74) is 31.4. The first-order valence-electron chi connectivity index (χ1n) is 36.4. The van der Waals surface area contributed by atoms with Gasteiger partial charge in [-0.2, -0.15) is 0 Å². The van der Waals surface area contributed by atoms with Gasteiger partial charge in [0.25, 0.3) is 0 Å². The summed E-state index contributed by atoms with van der Waals surface area (Å²) in [4.78, 5) is 0. The van der Waals surface area contributed by atoms with Crippen molar-refractivity contribution in [1.29, 1.82) is 0 Å². The number of hydrogen-bond acceptors (Lipinski definition) is 0. The monoisotopic (exact) mass is 1350 g/mol. The van der Waals surface area contributed by atoms with Crippen molar-refractivity contribution < 1.29 is 0 Å². The molecule has 4 heteroatoms. The molecular weight excluding hydrogens is 1280 g/mol. The van der Waals surface area contributed by atoms with Gasteiger partial charge < -0.3 is 18.3 Å². The number of rotatable bonds is 11. The Balaban J connectivity index is 0.000000141. The predicted octanol–water partition coefficient (Wildman–Crippen LogP) is 27.4. The summed E-state index contributed by atoms with van der Waals surface area (Å²) in [6.07, 6.45) is 0. The molecule has 0 aliphatic carbocycles. The Kier molecular flexibility index (Phi) is 15.2. The molecule has 0 saturated heterocycles. The van der Waals surface area contributed by atoms with E-state index in [0.717, 1.165) is 22.7 Å². The van der Waals surface area contributed by atoms with E-state index in [-0.39, 0.29) is 0 Å². The maximum absolute atomic E-state index is 2.40. The Morgan fingerprint density at radius 1 is 0.104 bits per heavy atom. The molecule has 0 bridgehead atoms. The van der Waals surface area contributed by atoms with E-state index >= 15 is 0 Å². The molecule has 106 heavy (non-hydrogen) atoms. The van der Waals surface area contributed by atoms with Crippen LogP contribution in [0.5, 0.6) is 0 Å². The summed E-state index contributed by atoms with van der Waals surface area (Å²) in [6.45, 7) is 0. The van der Waals surface area contributed by atoms with Crippen LogP contribution in [-0.2, 0) is 0 Å². The molecule has 0 saturated carbocycles. The smallest absolute Gasteiger partial charge is 0.0541 e. The number of para-hydroxylation sites is 4. The standard InChI is InChI=1S/C54H36N2.C48H32N2/c1-3-11-37(12-4-1)39-19-21-40(22-20-39)42-25-31-46(32-26-42)56-52-18-10-8-16-48(52)50-36-44(28-34-54(50)56)43-27-33-53-49(35-43)47-15-7-9-17-51(47)55(53)45-29-23-41(24-30-45)38-13-5-2-6-14-38;1-3-11-33(12-4-1)35-19-25-39(26-20-35)49-45-17-9-7-15-41(45)43-31-37(23-29-47(43)49)38-24-30-48-44(32-38)42-16-8-10-18-46(42)50(48)40-27-21-36(22-28-40)34-13-5-2-6-14-34/h1-36H;1-32H. The first-order chi connectivity index (χ1) is 52.6. The van der Waals surface area contributed by atoms with Gasteiger partial charge in [-0.15, -0.1) is 0 Å². The molecule has 0 aliphatic heterocycles. The molecule has 0 amide bonds. The summed E-state index contributed by atoms with van der Waals surface area (Å²) in [5.74, 6) is 0. The van der Waals surface area contributed by atoms with E-state index in [4.69, 9.17) is 0 Å². The normalized spacial score (nSPS) is 11.6. The molecule has 0 unspecified atom stereocenters. The van der Waals surface area contributed by atoms with E-state index in [2.05, 4.69) is 431 Å². The van der Waals surface area contributed by atoms with Gasteiger partial charge in [-0.1, -0.05) is 291 Å². The lowest BCUT2D eigenvalue weighted by molar-refractivity contribution is 1.18. The van der Waals surface area contributed by atoms with Gasteiger partial charge in [-0.05, 0) is 199 Å². The van der Waals surface area contributed by atoms with E-state index in [9.17, 15) is 0 Å². The average molecular weight is 1350 g/mol. The number of nitrogens with zero attached hydrogens (tertiary/aromatic N) is 4.